The van der Waals surface area contributed by atoms with E-state index < -0.39 is 16.0 Å². The number of carbonyl (C=O) groups excluding carboxylic acids is 1. The fourth-order valence-electron chi connectivity index (χ4n) is 2.43. The van der Waals surface area contributed by atoms with Crippen LogP contribution in [0, 0.1) is 0 Å². The van der Waals surface area contributed by atoms with Crippen molar-refractivity contribution in [3.63, 3.8) is 0 Å². The van der Waals surface area contributed by atoms with E-state index in [0.717, 1.165) is 6.42 Å². The van der Waals surface area contributed by atoms with Crippen molar-refractivity contribution in [2.75, 3.05) is 24.5 Å². The van der Waals surface area contributed by atoms with Gasteiger partial charge in [0, 0.05) is 12.5 Å². The lowest BCUT2D eigenvalue weighted by molar-refractivity contribution is 0.0526. The molecule has 0 aliphatic carbocycles. The van der Waals surface area contributed by atoms with Gasteiger partial charge < -0.3 is 14.2 Å². The first-order valence-corrected chi connectivity index (χ1v) is 9.67. The summed E-state index contributed by atoms with van der Waals surface area (Å²) < 4.78 is 43.6. The van der Waals surface area contributed by atoms with Crippen LogP contribution in [0.15, 0.2) is 47.4 Å². The second-order valence-electron chi connectivity index (χ2n) is 5.56. The zero-order valence-corrected chi connectivity index (χ0v) is 15.0. The molecule has 0 radical (unpaired) electrons. The molecule has 1 aliphatic rings. The van der Waals surface area contributed by atoms with Gasteiger partial charge in [0.25, 0.3) is 10.0 Å². The topological polar surface area (TPSA) is 90.9 Å². The molecule has 1 N–H and O–H groups in total. The molecule has 0 unspecified atom stereocenters. The van der Waals surface area contributed by atoms with Gasteiger partial charge in [0.2, 0.25) is 0 Å². The number of anilines is 1. The Morgan fingerprint density at radius 3 is 2.46 bits per heavy atom. The van der Waals surface area contributed by atoms with Crippen molar-refractivity contribution in [1.29, 1.82) is 0 Å². The van der Waals surface area contributed by atoms with E-state index in [-0.39, 0.29) is 11.5 Å². The third kappa shape index (κ3) is 4.08. The van der Waals surface area contributed by atoms with Crippen molar-refractivity contribution < 1.29 is 27.4 Å². The molecule has 0 atom stereocenters. The summed E-state index contributed by atoms with van der Waals surface area (Å²) in [7, 11) is -3.80. The number of hydrogen-bond acceptors (Lipinski definition) is 6. The van der Waals surface area contributed by atoms with Gasteiger partial charge in [-0.3, -0.25) is 4.72 Å². The highest BCUT2D eigenvalue weighted by atomic mass is 32.2. The van der Waals surface area contributed by atoms with Crippen molar-refractivity contribution in [3.05, 3.63) is 48.0 Å². The van der Waals surface area contributed by atoms with E-state index in [1.54, 1.807) is 25.1 Å². The molecule has 0 saturated carbocycles. The molecule has 0 saturated heterocycles. The minimum absolute atomic E-state index is 0.0395. The van der Waals surface area contributed by atoms with Crippen molar-refractivity contribution in [3.8, 4) is 11.5 Å². The highest BCUT2D eigenvalue weighted by molar-refractivity contribution is 7.92. The van der Waals surface area contributed by atoms with Crippen LogP contribution < -0.4 is 14.2 Å². The first kappa shape index (κ1) is 18.1. The predicted octanol–water partition coefficient (Wildman–Crippen LogP) is 2.83. The standard InChI is InChI=1S/C18H19NO6S/c1-2-23-18(20)13-4-7-15(8-5-13)26(21,22)19-14-6-9-16-17(12-14)25-11-3-10-24-16/h4-9,12,19H,2-3,10-11H2,1H3. The van der Waals surface area contributed by atoms with E-state index in [9.17, 15) is 13.2 Å². The van der Waals surface area contributed by atoms with E-state index in [1.807, 2.05) is 0 Å². The smallest absolute Gasteiger partial charge is 0.338 e. The summed E-state index contributed by atoms with van der Waals surface area (Å²) in [4.78, 5) is 11.7. The van der Waals surface area contributed by atoms with E-state index in [1.165, 1.54) is 24.3 Å². The number of hydrogen-bond donors (Lipinski definition) is 1. The quantitative estimate of drug-likeness (QED) is 0.806. The van der Waals surface area contributed by atoms with Gasteiger partial charge in [-0.25, -0.2) is 13.2 Å². The molecule has 1 aliphatic heterocycles. The minimum Gasteiger partial charge on any atom is -0.490 e. The van der Waals surface area contributed by atoms with Crippen LogP contribution in [0.1, 0.15) is 23.7 Å². The van der Waals surface area contributed by atoms with Crippen LogP contribution in [0.5, 0.6) is 11.5 Å². The Labute approximate surface area is 151 Å². The molecule has 0 spiro atoms. The summed E-state index contributed by atoms with van der Waals surface area (Å²) in [6.45, 7) is 3.03. The molecule has 1 heterocycles. The molecular weight excluding hydrogens is 358 g/mol. The summed E-state index contributed by atoms with van der Waals surface area (Å²) >= 11 is 0. The third-order valence-corrected chi connectivity index (χ3v) is 5.07. The average Bonchev–Trinajstić information content (AvgIpc) is 2.86. The second kappa shape index (κ2) is 7.65. The van der Waals surface area contributed by atoms with Gasteiger partial charge in [0.15, 0.2) is 11.5 Å². The Kier molecular flexibility index (Phi) is 5.32. The van der Waals surface area contributed by atoms with Crippen molar-refractivity contribution in [1.82, 2.24) is 0 Å². The summed E-state index contributed by atoms with van der Waals surface area (Å²) in [5.74, 6) is 0.594. The maximum atomic E-state index is 12.5. The molecule has 7 nitrogen and oxygen atoms in total. The average molecular weight is 377 g/mol. The number of benzene rings is 2. The maximum Gasteiger partial charge on any atom is 0.338 e. The van der Waals surface area contributed by atoms with Crippen LogP contribution in [0.25, 0.3) is 0 Å². The van der Waals surface area contributed by atoms with Crippen LogP contribution in [0.4, 0.5) is 5.69 Å². The highest BCUT2D eigenvalue weighted by Crippen LogP contribution is 2.33. The van der Waals surface area contributed by atoms with Gasteiger partial charge in [0.05, 0.1) is 36.0 Å². The zero-order valence-electron chi connectivity index (χ0n) is 14.2. The van der Waals surface area contributed by atoms with Gasteiger partial charge in [0.1, 0.15) is 0 Å². The lowest BCUT2D eigenvalue weighted by Gasteiger charge is -2.12. The van der Waals surface area contributed by atoms with E-state index in [4.69, 9.17) is 14.2 Å². The maximum absolute atomic E-state index is 12.5. The molecule has 0 bridgehead atoms. The molecule has 26 heavy (non-hydrogen) atoms. The Morgan fingerprint density at radius 2 is 1.77 bits per heavy atom. The first-order chi connectivity index (χ1) is 12.5. The molecule has 3 rings (SSSR count). The SMILES string of the molecule is CCOC(=O)c1ccc(S(=O)(=O)Nc2ccc3c(c2)OCCCO3)cc1. The Hall–Kier alpha value is -2.74. The number of ether oxygens (including phenoxy) is 3. The normalized spacial score (nSPS) is 13.6. The van der Waals surface area contributed by atoms with E-state index in [2.05, 4.69) is 4.72 Å². The minimum atomic E-state index is -3.80. The number of sulfonamides is 1. The summed E-state index contributed by atoms with van der Waals surface area (Å²) in [5, 5.41) is 0. The monoisotopic (exact) mass is 377 g/mol. The van der Waals surface area contributed by atoms with Crippen LogP contribution in [-0.4, -0.2) is 34.2 Å². The van der Waals surface area contributed by atoms with Gasteiger partial charge >= 0.3 is 5.97 Å². The fraction of sp³-hybridized carbons (Fsp3) is 0.278. The van der Waals surface area contributed by atoms with Gasteiger partial charge in [-0.05, 0) is 43.3 Å². The van der Waals surface area contributed by atoms with E-state index >= 15 is 0 Å². The number of carbonyl (C=O) groups is 1. The van der Waals surface area contributed by atoms with Crippen LogP contribution >= 0.6 is 0 Å². The predicted molar refractivity (Wildman–Crippen MR) is 95.3 cm³/mol. The number of nitrogens with one attached hydrogen (secondary N) is 1. The van der Waals surface area contributed by atoms with Crippen molar-refractivity contribution >= 4 is 21.7 Å². The third-order valence-electron chi connectivity index (χ3n) is 3.68. The first-order valence-electron chi connectivity index (χ1n) is 8.19. The van der Waals surface area contributed by atoms with Crippen molar-refractivity contribution in [2.45, 2.75) is 18.2 Å². The number of esters is 1. The molecule has 0 amide bonds. The van der Waals surface area contributed by atoms with E-state index in [0.29, 0.717) is 36.0 Å². The van der Waals surface area contributed by atoms with Gasteiger partial charge in [-0.2, -0.15) is 0 Å². The van der Waals surface area contributed by atoms with Gasteiger partial charge in [-0.1, -0.05) is 0 Å². The molecule has 138 valence electrons. The lowest BCUT2D eigenvalue weighted by Crippen LogP contribution is -2.13. The Morgan fingerprint density at radius 1 is 1.08 bits per heavy atom. The molecule has 2 aromatic carbocycles. The Balaban J connectivity index is 1.78. The summed E-state index contributed by atoms with van der Waals surface area (Å²) in [5.41, 5.74) is 0.657. The van der Waals surface area contributed by atoms with Crippen LogP contribution in [0.2, 0.25) is 0 Å². The highest BCUT2D eigenvalue weighted by Gasteiger charge is 2.17. The number of fused-ring (bicyclic) bond motifs is 1. The zero-order chi connectivity index (χ0) is 18.6. The molecule has 2 aromatic rings. The second-order valence-corrected chi connectivity index (χ2v) is 7.24. The van der Waals surface area contributed by atoms with Crippen LogP contribution in [0.3, 0.4) is 0 Å². The molecular formula is C18H19NO6S. The Bertz CT molecular complexity index is 892. The molecule has 8 heteroatoms. The largest absolute Gasteiger partial charge is 0.490 e. The summed E-state index contributed by atoms with van der Waals surface area (Å²) in [6.07, 6.45) is 0.766. The molecule has 0 aromatic heterocycles. The van der Waals surface area contributed by atoms with Crippen molar-refractivity contribution in [2.24, 2.45) is 0 Å². The number of rotatable bonds is 5. The lowest BCUT2D eigenvalue weighted by atomic mass is 10.2. The molecule has 0 fully saturated rings. The fourth-order valence-corrected chi connectivity index (χ4v) is 3.47. The summed E-state index contributed by atoms with van der Waals surface area (Å²) in [6, 6.07) is 10.4. The van der Waals surface area contributed by atoms with Gasteiger partial charge in [-0.15, -0.1) is 0 Å². The van der Waals surface area contributed by atoms with Crippen LogP contribution in [-0.2, 0) is 14.8 Å².